The van der Waals surface area contributed by atoms with Crippen LogP contribution in [0.3, 0.4) is 0 Å². The first-order valence-electron chi connectivity index (χ1n) is 6.63. The molecule has 1 N–H and O–H groups in total. The van der Waals surface area contributed by atoms with E-state index in [9.17, 15) is 5.11 Å². The first-order valence-corrected chi connectivity index (χ1v) is 7.89. The Labute approximate surface area is 131 Å². The molecule has 0 amide bonds. The van der Waals surface area contributed by atoms with Crippen LogP contribution in [0.5, 0.6) is 5.75 Å². The highest BCUT2D eigenvalue weighted by Gasteiger charge is 2.18. The van der Waals surface area contributed by atoms with E-state index in [1.54, 1.807) is 23.5 Å². The normalized spacial score (nSPS) is 14.2. The lowest BCUT2D eigenvalue weighted by molar-refractivity contribution is 0.0473. The Morgan fingerprint density at radius 1 is 1.48 bits per heavy atom. The third-order valence-electron chi connectivity index (χ3n) is 3.22. The van der Waals surface area contributed by atoms with Crippen molar-refractivity contribution in [2.45, 2.75) is 25.6 Å². The van der Waals surface area contributed by atoms with E-state index < -0.39 is 6.10 Å². The van der Waals surface area contributed by atoms with Crippen molar-refractivity contribution in [3.8, 4) is 5.75 Å². The fraction of sp³-hybridized carbons (Fsp3) is 0.267. The first kappa shape index (κ1) is 14.4. The van der Waals surface area contributed by atoms with E-state index in [2.05, 4.69) is 4.98 Å². The minimum absolute atomic E-state index is 0.344. The van der Waals surface area contributed by atoms with Crippen molar-refractivity contribution in [1.29, 1.82) is 0 Å². The first-order chi connectivity index (χ1) is 10.1. The molecule has 0 fully saturated rings. The molecule has 0 saturated carbocycles. The summed E-state index contributed by atoms with van der Waals surface area (Å²) in [6.07, 6.45) is 3.36. The number of nitrogens with zero attached hydrogens (tertiary/aromatic N) is 2. The number of halogens is 1. The Balaban J connectivity index is 1.64. The highest BCUT2D eigenvalue weighted by molar-refractivity contribution is 7.15. The number of imidazole rings is 1. The van der Waals surface area contributed by atoms with Crippen molar-refractivity contribution in [2.75, 3.05) is 0 Å². The largest absolute Gasteiger partial charge is 0.488 e. The van der Waals surface area contributed by atoms with Gasteiger partial charge in [-0.2, -0.15) is 0 Å². The quantitative estimate of drug-likeness (QED) is 0.783. The number of benzene rings is 1. The number of hydrogen-bond donors (Lipinski definition) is 1. The number of aliphatic hydroxyl groups is 1. The number of hydrogen-bond acceptors (Lipinski definition) is 4. The Morgan fingerprint density at radius 3 is 3.10 bits per heavy atom. The molecule has 3 rings (SSSR count). The molecule has 0 spiro atoms. The van der Waals surface area contributed by atoms with Crippen molar-refractivity contribution in [1.82, 2.24) is 9.38 Å². The van der Waals surface area contributed by atoms with E-state index in [0.717, 1.165) is 10.7 Å². The van der Waals surface area contributed by atoms with Crippen LogP contribution < -0.4 is 4.74 Å². The van der Waals surface area contributed by atoms with Crippen molar-refractivity contribution in [3.63, 3.8) is 0 Å². The van der Waals surface area contributed by atoms with Gasteiger partial charge in [0.25, 0.3) is 0 Å². The fourth-order valence-corrected chi connectivity index (χ4v) is 2.99. The van der Waals surface area contributed by atoms with Gasteiger partial charge in [-0.25, -0.2) is 4.98 Å². The molecule has 0 aliphatic heterocycles. The molecule has 21 heavy (non-hydrogen) atoms. The van der Waals surface area contributed by atoms with E-state index in [-0.39, 0.29) is 6.10 Å². The van der Waals surface area contributed by atoms with Gasteiger partial charge in [-0.3, -0.25) is 4.40 Å². The van der Waals surface area contributed by atoms with Gasteiger partial charge in [-0.1, -0.05) is 17.7 Å². The maximum Gasteiger partial charge on any atom is 0.193 e. The van der Waals surface area contributed by atoms with E-state index in [1.165, 1.54) is 0 Å². The van der Waals surface area contributed by atoms with Crippen LogP contribution in [0.15, 0.2) is 42.0 Å². The van der Waals surface area contributed by atoms with E-state index in [0.29, 0.717) is 17.2 Å². The Kier molecular flexibility index (Phi) is 4.14. The predicted molar refractivity (Wildman–Crippen MR) is 84.3 cm³/mol. The molecule has 2 aromatic heterocycles. The number of aromatic nitrogens is 2. The van der Waals surface area contributed by atoms with Gasteiger partial charge in [0, 0.05) is 29.2 Å². The summed E-state index contributed by atoms with van der Waals surface area (Å²) in [6.45, 7) is 1.84. The lowest BCUT2D eigenvalue weighted by Gasteiger charge is -2.20. The summed E-state index contributed by atoms with van der Waals surface area (Å²) < 4.78 is 7.67. The van der Waals surface area contributed by atoms with Crippen molar-refractivity contribution in [2.24, 2.45) is 0 Å². The molecule has 1 aromatic carbocycles. The molecule has 110 valence electrons. The van der Waals surface area contributed by atoms with Gasteiger partial charge in [-0.15, -0.1) is 11.3 Å². The average molecular weight is 323 g/mol. The van der Waals surface area contributed by atoms with Gasteiger partial charge in [0.1, 0.15) is 11.9 Å². The highest BCUT2D eigenvalue weighted by atomic mass is 35.5. The van der Waals surface area contributed by atoms with Gasteiger partial charge in [0.2, 0.25) is 0 Å². The maximum atomic E-state index is 10.3. The molecule has 0 aliphatic rings. The zero-order chi connectivity index (χ0) is 14.8. The third-order valence-corrected chi connectivity index (χ3v) is 4.23. The van der Waals surface area contributed by atoms with Gasteiger partial charge in [0.15, 0.2) is 4.96 Å². The van der Waals surface area contributed by atoms with Gasteiger partial charge in [-0.05, 0) is 25.1 Å². The number of aliphatic hydroxyl groups excluding tert-OH is 1. The van der Waals surface area contributed by atoms with Crippen LogP contribution in [-0.2, 0) is 6.42 Å². The lowest BCUT2D eigenvalue weighted by Crippen LogP contribution is -2.30. The highest BCUT2D eigenvalue weighted by Crippen LogP contribution is 2.20. The van der Waals surface area contributed by atoms with Crippen LogP contribution in [0.1, 0.15) is 12.6 Å². The standard InChI is InChI=1S/C15H15ClN2O2S/c1-10(20-13-4-2-3-11(16)7-13)14(19)8-12-9-18-5-6-21-15(18)17-12/h2-7,9-10,14,19H,8H2,1H3. The Hall–Kier alpha value is -1.56. The molecular weight excluding hydrogens is 308 g/mol. The van der Waals surface area contributed by atoms with Crippen molar-refractivity contribution < 1.29 is 9.84 Å². The van der Waals surface area contributed by atoms with Gasteiger partial charge >= 0.3 is 0 Å². The second kappa shape index (κ2) is 6.05. The summed E-state index contributed by atoms with van der Waals surface area (Å²) in [5.41, 5.74) is 0.857. The zero-order valence-corrected chi connectivity index (χ0v) is 13.0. The number of rotatable bonds is 5. The lowest BCUT2D eigenvalue weighted by atomic mass is 10.1. The fourth-order valence-electron chi connectivity index (χ4n) is 2.09. The third kappa shape index (κ3) is 3.37. The summed E-state index contributed by atoms with van der Waals surface area (Å²) in [4.78, 5) is 5.39. The monoisotopic (exact) mass is 322 g/mol. The molecule has 0 saturated heterocycles. The van der Waals surface area contributed by atoms with Crippen LogP contribution in [-0.4, -0.2) is 26.7 Å². The molecule has 2 atom stereocenters. The summed E-state index contributed by atoms with van der Waals surface area (Å²) in [5, 5.41) is 12.9. The van der Waals surface area contributed by atoms with Gasteiger partial charge < -0.3 is 9.84 Å². The maximum absolute atomic E-state index is 10.3. The molecule has 0 bridgehead atoms. The zero-order valence-electron chi connectivity index (χ0n) is 11.4. The van der Waals surface area contributed by atoms with Crippen LogP contribution in [0, 0.1) is 0 Å². The molecular formula is C15H15ClN2O2S. The smallest absolute Gasteiger partial charge is 0.193 e. The van der Waals surface area contributed by atoms with E-state index in [4.69, 9.17) is 16.3 Å². The summed E-state index contributed by atoms with van der Waals surface area (Å²) in [6, 6.07) is 7.16. The van der Waals surface area contributed by atoms with Gasteiger partial charge in [0.05, 0.1) is 11.8 Å². The Bertz CT molecular complexity index is 711. The van der Waals surface area contributed by atoms with Crippen LogP contribution in [0.25, 0.3) is 4.96 Å². The number of ether oxygens (including phenoxy) is 1. The minimum atomic E-state index is -0.631. The van der Waals surface area contributed by atoms with Crippen LogP contribution in [0.4, 0.5) is 0 Å². The average Bonchev–Trinajstić information content (AvgIpc) is 2.99. The summed E-state index contributed by atoms with van der Waals surface area (Å²) >= 11 is 7.49. The second-order valence-corrected chi connectivity index (χ2v) is 6.19. The van der Waals surface area contributed by atoms with Crippen LogP contribution >= 0.6 is 22.9 Å². The molecule has 2 heterocycles. The second-order valence-electron chi connectivity index (χ2n) is 4.88. The summed E-state index contributed by atoms with van der Waals surface area (Å²) in [5.74, 6) is 0.653. The minimum Gasteiger partial charge on any atom is -0.488 e. The van der Waals surface area contributed by atoms with Crippen molar-refractivity contribution >= 4 is 27.9 Å². The Morgan fingerprint density at radius 2 is 2.33 bits per heavy atom. The SMILES string of the molecule is CC(Oc1cccc(Cl)c1)C(O)Cc1cn2ccsc2n1. The van der Waals surface area contributed by atoms with E-state index in [1.807, 2.05) is 41.2 Å². The molecule has 0 radical (unpaired) electrons. The number of thiazole rings is 1. The van der Waals surface area contributed by atoms with Crippen molar-refractivity contribution in [3.05, 3.63) is 52.8 Å². The molecule has 0 aliphatic carbocycles. The molecule has 2 unspecified atom stereocenters. The predicted octanol–water partition coefficient (Wildman–Crippen LogP) is 3.42. The molecule has 3 aromatic rings. The number of fused-ring (bicyclic) bond motifs is 1. The molecule has 6 heteroatoms. The summed E-state index contributed by atoms with van der Waals surface area (Å²) in [7, 11) is 0. The van der Waals surface area contributed by atoms with E-state index >= 15 is 0 Å². The molecule has 4 nitrogen and oxygen atoms in total. The van der Waals surface area contributed by atoms with Crippen LogP contribution in [0.2, 0.25) is 5.02 Å². The topological polar surface area (TPSA) is 46.8 Å².